The number of benzene rings is 1. The zero-order chi connectivity index (χ0) is 15.6. The Morgan fingerprint density at radius 1 is 1.10 bits per heavy atom. The Morgan fingerprint density at radius 3 is 2.33 bits per heavy atom. The molecule has 0 fully saturated rings. The summed E-state index contributed by atoms with van der Waals surface area (Å²) in [5.41, 5.74) is 2.05. The molecule has 1 aromatic heterocycles. The van der Waals surface area contributed by atoms with E-state index in [1.165, 1.54) is 5.56 Å². The van der Waals surface area contributed by atoms with E-state index in [2.05, 4.69) is 39.1 Å². The molecule has 2 rings (SSSR count). The highest BCUT2D eigenvalue weighted by atomic mass is 16.5. The van der Waals surface area contributed by atoms with Gasteiger partial charge >= 0.3 is 0 Å². The molecule has 0 spiro atoms. The Balaban J connectivity index is 2.77. The molecule has 0 amide bonds. The third kappa shape index (κ3) is 3.04. The molecule has 2 aromatic rings. The van der Waals surface area contributed by atoms with E-state index in [9.17, 15) is 0 Å². The second kappa shape index (κ2) is 5.80. The number of aromatic nitrogens is 1. The van der Waals surface area contributed by atoms with E-state index in [1.54, 1.807) is 14.2 Å². The third-order valence-corrected chi connectivity index (χ3v) is 3.48. The highest BCUT2D eigenvalue weighted by molar-refractivity contribution is 5.89. The van der Waals surface area contributed by atoms with Crippen LogP contribution in [0.3, 0.4) is 0 Å². The Morgan fingerprint density at radius 2 is 1.81 bits per heavy atom. The number of fused-ring (bicyclic) bond motifs is 1. The summed E-state index contributed by atoms with van der Waals surface area (Å²) in [5.74, 6) is 2.45. The van der Waals surface area contributed by atoms with Gasteiger partial charge in [0, 0.05) is 29.6 Å². The van der Waals surface area contributed by atoms with Crippen molar-refractivity contribution in [2.24, 2.45) is 0 Å². The maximum Gasteiger partial charge on any atom is 0.131 e. The van der Waals surface area contributed by atoms with Gasteiger partial charge in [0.2, 0.25) is 0 Å². The third-order valence-electron chi connectivity index (χ3n) is 3.48. The van der Waals surface area contributed by atoms with Crippen LogP contribution in [0, 0.1) is 0 Å². The van der Waals surface area contributed by atoms with Gasteiger partial charge in [-0.25, -0.2) is 4.98 Å². The molecule has 1 aromatic carbocycles. The summed E-state index contributed by atoms with van der Waals surface area (Å²) in [7, 11) is 3.32. The molecule has 0 bridgehead atoms. The molecule has 114 valence electrons. The van der Waals surface area contributed by atoms with Crippen LogP contribution in [0.15, 0.2) is 18.2 Å². The number of nitrogens with zero attached hydrogens (tertiary/aromatic N) is 1. The Hall–Kier alpha value is -1.97. The zero-order valence-corrected chi connectivity index (χ0v) is 13.7. The van der Waals surface area contributed by atoms with E-state index in [0.29, 0.717) is 0 Å². The molecule has 0 saturated carbocycles. The first-order chi connectivity index (χ1) is 9.90. The van der Waals surface area contributed by atoms with Crippen molar-refractivity contribution < 1.29 is 9.47 Å². The Kier molecular flexibility index (Phi) is 4.26. The average molecular weight is 288 g/mol. The molecule has 0 atom stereocenters. The van der Waals surface area contributed by atoms with Crippen molar-refractivity contribution in [2.75, 3.05) is 26.1 Å². The molecule has 4 nitrogen and oxygen atoms in total. The van der Waals surface area contributed by atoms with E-state index >= 15 is 0 Å². The molecule has 1 heterocycles. The first-order valence-corrected chi connectivity index (χ1v) is 7.21. The molecule has 4 heteroatoms. The summed E-state index contributed by atoms with van der Waals surface area (Å²) < 4.78 is 10.8. The minimum absolute atomic E-state index is 0.00360. The molecule has 21 heavy (non-hydrogen) atoms. The van der Waals surface area contributed by atoms with Crippen molar-refractivity contribution in [3.05, 3.63) is 23.8 Å². The second-order valence-electron chi connectivity index (χ2n) is 6.06. The number of pyridine rings is 1. The molecule has 0 aliphatic carbocycles. The average Bonchev–Trinajstić information content (AvgIpc) is 2.44. The molecule has 0 aliphatic rings. The van der Waals surface area contributed by atoms with Crippen molar-refractivity contribution >= 4 is 16.7 Å². The number of hydrogen-bond donors (Lipinski definition) is 1. The molecular formula is C17H24N2O2. The van der Waals surface area contributed by atoms with Gasteiger partial charge in [-0.2, -0.15) is 0 Å². The Labute approximate surface area is 126 Å². The van der Waals surface area contributed by atoms with E-state index in [4.69, 9.17) is 14.5 Å². The Bertz CT molecular complexity index is 645. The van der Waals surface area contributed by atoms with Crippen molar-refractivity contribution in [2.45, 2.75) is 33.1 Å². The van der Waals surface area contributed by atoms with Crippen LogP contribution >= 0.6 is 0 Å². The largest absolute Gasteiger partial charge is 0.497 e. The van der Waals surface area contributed by atoms with Crippen LogP contribution in [0.1, 0.15) is 33.3 Å². The summed E-state index contributed by atoms with van der Waals surface area (Å²) in [6.45, 7) is 9.47. The summed E-state index contributed by atoms with van der Waals surface area (Å²) in [6, 6.07) is 5.99. The molecule has 0 saturated heterocycles. The predicted octanol–water partition coefficient (Wildman–Crippen LogP) is 3.98. The van der Waals surface area contributed by atoms with Gasteiger partial charge in [-0.15, -0.1) is 0 Å². The molecule has 1 N–H and O–H groups in total. The van der Waals surface area contributed by atoms with Crippen molar-refractivity contribution in [3.8, 4) is 11.5 Å². The summed E-state index contributed by atoms with van der Waals surface area (Å²) in [6.07, 6.45) is 0. The number of anilines is 1. The van der Waals surface area contributed by atoms with Gasteiger partial charge in [0.25, 0.3) is 0 Å². The van der Waals surface area contributed by atoms with E-state index < -0.39 is 0 Å². The molecular weight excluding hydrogens is 264 g/mol. The van der Waals surface area contributed by atoms with Crippen LogP contribution in [0.4, 0.5) is 5.82 Å². The molecule has 0 radical (unpaired) electrons. The fraction of sp³-hybridized carbons (Fsp3) is 0.471. The lowest BCUT2D eigenvalue weighted by Gasteiger charge is -2.23. The number of methoxy groups -OCH3 is 2. The van der Waals surface area contributed by atoms with Crippen LogP contribution in [0.2, 0.25) is 0 Å². The van der Waals surface area contributed by atoms with Gasteiger partial charge in [-0.1, -0.05) is 20.8 Å². The van der Waals surface area contributed by atoms with Crippen molar-refractivity contribution in [3.63, 3.8) is 0 Å². The fourth-order valence-corrected chi connectivity index (χ4v) is 2.38. The van der Waals surface area contributed by atoms with Crippen LogP contribution in [0.25, 0.3) is 10.9 Å². The SMILES string of the molecule is CCNc1nc2cc(OC)cc(OC)c2cc1C(C)(C)C. The highest BCUT2D eigenvalue weighted by Gasteiger charge is 2.21. The zero-order valence-electron chi connectivity index (χ0n) is 13.7. The predicted molar refractivity (Wildman–Crippen MR) is 87.7 cm³/mol. The lowest BCUT2D eigenvalue weighted by molar-refractivity contribution is 0.398. The van der Waals surface area contributed by atoms with Crippen LogP contribution in [-0.2, 0) is 5.41 Å². The van der Waals surface area contributed by atoms with E-state index in [1.807, 2.05) is 12.1 Å². The standard InChI is InChI=1S/C17H24N2O2/c1-7-18-16-13(17(2,3)4)10-12-14(19-16)8-11(20-5)9-15(12)21-6/h8-10H,7H2,1-6H3,(H,18,19). The van der Waals surface area contributed by atoms with Crippen molar-refractivity contribution in [1.82, 2.24) is 4.98 Å². The summed E-state index contributed by atoms with van der Waals surface area (Å²) in [4.78, 5) is 4.78. The van der Waals surface area contributed by atoms with Gasteiger partial charge in [0.15, 0.2) is 0 Å². The molecule has 0 aliphatic heterocycles. The lowest BCUT2D eigenvalue weighted by Crippen LogP contribution is -2.16. The first kappa shape index (κ1) is 15.4. The van der Waals surface area contributed by atoms with Gasteiger partial charge in [-0.05, 0) is 18.4 Å². The number of hydrogen-bond acceptors (Lipinski definition) is 4. The minimum Gasteiger partial charge on any atom is -0.497 e. The van der Waals surface area contributed by atoms with Crippen LogP contribution in [-0.4, -0.2) is 25.7 Å². The smallest absolute Gasteiger partial charge is 0.131 e. The van der Waals surface area contributed by atoms with Crippen LogP contribution in [0.5, 0.6) is 11.5 Å². The summed E-state index contributed by atoms with van der Waals surface area (Å²) >= 11 is 0. The minimum atomic E-state index is 0.00360. The van der Waals surface area contributed by atoms with Gasteiger partial charge in [0.05, 0.1) is 19.7 Å². The monoisotopic (exact) mass is 288 g/mol. The van der Waals surface area contributed by atoms with Gasteiger partial charge in [0.1, 0.15) is 17.3 Å². The number of nitrogens with one attached hydrogen (secondary N) is 1. The summed E-state index contributed by atoms with van der Waals surface area (Å²) in [5, 5.41) is 4.36. The van der Waals surface area contributed by atoms with Crippen LogP contribution < -0.4 is 14.8 Å². The van der Waals surface area contributed by atoms with Crippen molar-refractivity contribution in [1.29, 1.82) is 0 Å². The highest BCUT2D eigenvalue weighted by Crippen LogP contribution is 2.36. The normalized spacial score (nSPS) is 11.5. The maximum absolute atomic E-state index is 5.50. The van der Waals surface area contributed by atoms with E-state index in [-0.39, 0.29) is 5.41 Å². The second-order valence-corrected chi connectivity index (χ2v) is 6.06. The first-order valence-electron chi connectivity index (χ1n) is 7.21. The number of ether oxygens (including phenoxy) is 2. The topological polar surface area (TPSA) is 43.4 Å². The van der Waals surface area contributed by atoms with Gasteiger partial charge < -0.3 is 14.8 Å². The maximum atomic E-state index is 5.50. The van der Waals surface area contributed by atoms with Gasteiger partial charge in [-0.3, -0.25) is 0 Å². The van der Waals surface area contributed by atoms with E-state index in [0.717, 1.165) is 34.8 Å². The fourth-order valence-electron chi connectivity index (χ4n) is 2.38. The number of rotatable bonds is 4. The molecule has 0 unspecified atom stereocenters. The quantitative estimate of drug-likeness (QED) is 0.924. The lowest BCUT2D eigenvalue weighted by atomic mass is 9.86.